The van der Waals surface area contributed by atoms with E-state index in [1.807, 2.05) is 30.3 Å². The zero-order valence-corrected chi connectivity index (χ0v) is 9.66. The number of carbonyl (C=O) groups excluding carboxylic acids is 1. The lowest BCUT2D eigenvalue weighted by atomic mass is 10.00. The van der Waals surface area contributed by atoms with Gasteiger partial charge in [-0.1, -0.05) is 23.4 Å². The number of carbonyl (C=O) groups is 1. The Labute approximate surface area is 99.0 Å². The maximum absolute atomic E-state index is 12.1. The summed E-state index contributed by atoms with van der Waals surface area (Å²) in [5.41, 5.74) is 1.70. The van der Waals surface area contributed by atoms with Crippen molar-refractivity contribution in [3.63, 3.8) is 0 Å². The van der Waals surface area contributed by atoms with Crippen molar-refractivity contribution in [1.29, 1.82) is 0 Å². The second kappa shape index (κ2) is 4.37. The third kappa shape index (κ3) is 1.91. The van der Waals surface area contributed by atoms with Crippen LogP contribution < -0.4 is 5.01 Å². The molecule has 0 spiro atoms. The smallest absolute Gasteiger partial charge is 0.262 e. The minimum absolute atomic E-state index is 0.191. The fraction of sp³-hybridized carbons (Fsp3) is 0.250. The molecule has 5 heteroatoms. The molecule has 1 aliphatic rings. The SMILES string of the molecule is CC1=NN(c2ccccc2)C(=O)C1/C(C)=N/O. The second-order valence-corrected chi connectivity index (χ2v) is 3.90. The van der Waals surface area contributed by atoms with Gasteiger partial charge in [0.1, 0.15) is 5.92 Å². The molecule has 0 aromatic heterocycles. The Hall–Kier alpha value is -2.17. The number of benzene rings is 1. The molecule has 1 heterocycles. The summed E-state index contributed by atoms with van der Waals surface area (Å²) in [6.07, 6.45) is 0. The van der Waals surface area contributed by atoms with Crippen LogP contribution in [0.3, 0.4) is 0 Å². The number of oxime groups is 1. The molecular weight excluding hydrogens is 218 g/mol. The van der Waals surface area contributed by atoms with Crippen molar-refractivity contribution in [2.45, 2.75) is 13.8 Å². The van der Waals surface area contributed by atoms with Gasteiger partial charge in [0.05, 0.1) is 17.1 Å². The van der Waals surface area contributed by atoms with Crippen LogP contribution in [0.15, 0.2) is 40.6 Å². The highest BCUT2D eigenvalue weighted by atomic mass is 16.4. The molecule has 0 aliphatic carbocycles. The van der Waals surface area contributed by atoms with Crippen LogP contribution >= 0.6 is 0 Å². The number of nitrogens with zero attached hydrogens (tertiary/aromatic N) is 3. The molecule has 1 atom stereocenters. The fourth-order valence-corrected chi connectivity index (χ4v) is 1.86. The van der Waals surface area contributed by atoms with Crippen LogP contribution in [0.25, 0.3) is 0 Å². The number of rotatable bonds is 2. The van der Waals surface area contributed by atoms with Crippen molar-refractivity contribution >= 4 is 23.0 Å². The van der Waals surface area contributed by atoms with Crippen LogP contribution in [0.5, 0.6) is 0 Å². The average molecular weight is 231 g/mol. The van der Waals surface area contributed by atoms with Crippen LogP contribution in [0.1, 0.15) is 13.8 Å². The van der Waals surface area contributed by atoms with E-state index in [1.165, 1.54) is 5.01 Å². The summed E-state index contributed by atoms with van der Waals surface area (Å²) < 4.78 is 0. The Bertz CT molecular complexity index is 494. The number of para-hydroxylation sites is 1. The zero-order valence-electron chi connectivity index (χ0n) is 9.66. The molecule has 1 N–H and O–H groups in total. The number of hydrogen-bond acceptors (Lipinski definition) is 4. The topological polar surface area (TPSA) is 65.3 Å². The van der Waals surface area contributed by atoms with E-state index in [9.17, 15) is 4.79 Å². The standard InChI is InChI=1S/C12H13N3O2/c1-8-11(9(2)14-17)12(16)15(13-8)10-6-4-3-5-7-10/h3-7,11,17H,1-2H3/b14-9+. The molecule has 0 saturated heterocycles. The second-order valence-electron chi connectivity index (χ2n) is 3.90. The lowest BCUT2D eigenvalue weighted by Crippen LogP contribution is -2.31. The molecule has 1 amide bonds. The molecule has 0 fully saturated rings. The van der Waals surface area contributed by atoms with Gasteiger partial charge in [-0.3, -0.25) is 4.79 Å². The van der Waals surface area contributed by atoms with Gasteiger partial charge in [0.15, 0.2) is 0 Å². The Morgan fingerprint density at radius 1 is 1.41 bits per heavy atom. The van der Waals surface area contributed by atoms with Crippen molar-refractivity contribution in [1.82, 2.24) is 0 Å². The summed E-state index contributed by atoms with van der Waals surface area (Å²) in [6.45, 7) is 3.36. The number of hydrogen-bond donors (Lipinski definition) is 1. The molecule has 1 aromatic rings. The molecule has 1 aliphatic heterocycles. The van der Waals surface area contributed by atoms with Crippen molar-refractivity contribution in [2.24, 2.45) is 16.2 Å². The summed E-state index contributed by atoms with van der Waals surface area (Å²) in [5, 5.41) is 17.4. The first kappa shape index (κ1) is 11.3. The lowest BCUT2D eigenvalue weighted by molar-refractivity contribution is -0.118. The predicted octanol–water partition coefficient (Wildman–Crippen LogP) is 1.88. The van der Waals surface area contributed by atoms with Gasteiger partial charge in [-0.15, -0.1) is 0 Å². The third-order valence-electron chi connectivity index (χ3n) is 2.71. The van der Waals surface area contributed by atoms with Gasteiger partial charge >= 0.3 is 0 Å². The monoisotopic (exact) mass is 231 g/mol. The van der Waals surface area contributed by atoms with Gasteiger partial charge < -0.3 is 5.21 Å². The van der Waals surface area contributed by atoms with Crippen LogP contribution in [-0.4, -0.2) is 22.5 Å². The first-order chi connectivity index (χ1) is 8.15. The van der Waals surface area contributed by atoms with Crippen molar-refractivity contribution in [3.05, 3.63) is 30.3 Å². The van der Waals surface area contributed by atoms with E-state index in [0.29, 0.717) is 17.1 Å². The van der Waals surface area contributed by atoms with Crippen molar-refractivity contribution < 1.29 is 10.0 Å². The van der Waals surface area contributed by atoms with Gasteiger partial charge in [-0.05, 0) is 26.0 Å². The summed E-state index contributed by atoms with van der Waals surface area (Å²) in [4.78, 5) is 12.1. The highest BCUT2D eigenvalue weighted by Gasteiger charge is 2.36. The fourth-order valence-electron chi connectivity index (χ4n) is 1.86. The molecule has 0 radical (unpaired) electrons. The van der Waals surface area contributed by atoms with E-state index in [2.05, 4.69) is 10.3 Å². The van der Waals surface area contributed by atoms with Crippen LogP contribution in [-0.2, 0) is 4.79 Å². The van der Waals surface area contributed by atoms with E-state index in [1.54, 1.807) is 13.8 Å². The maximum Gasteiger partial charge on any atom is 0.262 e. The first-order valence-corrected chi connectivity index (χ1v) is 5.28. The Morgan fingerprint density at radius 3 is 2.65 bits per heavy atom. The molecule has 2 rings (SSSR count). The number of hydrazone groups is 1. The Morgan fingerprint density at radius 2 is 2.06 bits per heavy atom. The normalized spacial score (nSPS) is 20.7. The minimum Gasteiger partial charge on any atom is -0.411 e. The van der Waals surface area contributed by atoms with Gasteiger partial charge in [-0.2, -0.15) is 10.1 Å². The van der Waals surface area contributed by atoms with Gasteiger partial charge in [-0.25, -0.2) is 0 Å². The number of anilines is 1. The molecule has 17 heavy (non-hydrogen) atoms. The molecule has 0 bridgehead atoms. The zero-order chi connectivity index (χ0) is 12.4. The van der Waals surface area contributed by atoms with Gasteiger partial charge in [0, 0.05) is 0 Å². The molecule has 1 unspecified atom stereocenters. The summed E-state index contributed by atoms with van der Waals surface area (Å²) in [5.74, 6) is -0.746. The van der Waals surface area contributed by atoms with E-state index in [0.717, 1.165) is 0 Å². The molecule has 5 nitrogen and oxygen atoms in total. The number of amides is 1. The minimum atomic E-state index is -0.555. The van der Waals surface area contributed by atoms with Crippen molar-refractivity contribution in [2.75, 3.05) is 5.01 Å². The Kier molecular flexibility index (Phi) is 2.91. The van der Waals surface area contributed by atoms with Crippen molar-refractivity contribution in [3.8, 4) is 0 Å². The lowest BCUT2D eigenvalue weighted by Gasteiger charge is -2.13. The third-order valence-corrected chi connectivity index (χ3v) is 2.71. The van der Waals surface area contributed by atoms with E-state index in [4.69, 9.17) is 5.21 Å². The average Bonchev–Trinajstić information content (AvgIpc) is 2.65. The summed E-state index contributed by atoms with van der Waals surface area (Å²) in [6, 6.07) is 9.17. The highest BCUT2D eigenvalue weighted by Crippen LogP contribution is 2.24. The molecule has 88 valence electrons. The predicted molar refractivity (Wildman–Crippen MR) is 65.4 cm³/mol. The Balaban J connectivity index is 2.34. The largest absolute Gasteiger partial charge is 0.411 e. The highest BCUT2D eigenvalue weighted by molar-refractivity contribution is 6.27. The van der Waals surface area contributed by atoms with E-state index >= 15 is 0 Å². The van der Waals surface area contributed by atoms with E-state index in [-0.39, 0.29) is 5.91 Å². The van der Waals surface area contributed by atoms with Crippen LogP contribution in [0.2, 0.25) is 0 Å². The maximum atomic E-state index is 12.1. The summed E-state index contributed by atoms with van der Waals surface area (Å²) in [7, 11) is 0. The van der Waals surface area contributed by atoms with Crippen LogP contribution in [0.4, 0.5) is 5.69 Å². The first-order valence-electron chi connectivity index (χ1n) is 5.28. The molecule has 0 saturated carbocycles. The van der Waals surface area contributed by atoms with Gasteiger partial charge in [0.25, 0.3) is 5.91 Å². The van der Waals surface area contributed by atoms with E-state index < -0.39 is 5.92 Å². The van der Waals surface area contributed by atoms with Gasteiger partial charge in [0.2, 0.25) is 0 Å². The molecular formula is C12H13N3O2. The van der Waals surface area contributed by atoms with Crippen LogP contribution in [0, 0.1) is 5.92 Å². The summed E-state index contributed by atoms with van der Waals surface area (Å²) >= 11 is 0. The quantitative estimate of drug-likeness (QED) is 0.479. The molecule has 1 aromatic carbocycles.